The lowest BCUT2D eigenvalue weighted by Gasteiger charge is -2.42. The number of nitrogens with two attached hydrogens (primary N) is 1. The Labute approximate surface area is 79.0 Å². The molecule has 1 aliphatic rings. The molecule has 0 saturated carbocycles. The Kier molecular flexibility index (Phi) is 2.93. The summed E-state index contributed by atoms with van der Waals surface area (Å²) in [6, 6.07) is 0.219. The molecule has 4 nitrogen and oxygen atoms in total. The molecule has 0 unspecified atom stereocenters. The van der Waals surface area contributed by atoms with Crippen molar-refractivity contribution in [3.05, 3.63) is 0 Å². The molecule has 1 rings (SSSR count). The van der Waals surface area contributed by atoms with Gasteiger partial charge in [0.2, 0.25) is 5.91 Å². The molecule has 1 aliphatic heterocycles. The van der Waals surface area contributed by atoms with Gasteiger partial charge in [0, 0.05) is 19.6 Å². The highest BCUT2D eigenvalue weighted by Gasteiger charge is 2.46. The molecule has 4 heteroatoms. The maximum atomic E-state index is 11.9. The summed E-state index contributed by atoms with van der Waals surface area (Å²) in [4.78, 5) is 13.6. The van der Waals surface area contributed by atoms with Crippen molar-refractivity contribution in [3.63, 3.8) is 0 Å². The van der Waals surface area contributed by atoms with Crippen LogP contribution in [0.25, 0.3) is 0 Å². The zero-order chi connectivity index (χ0) is 10.1. The Hall–Kier alpha value is -0.610. The van der Waals surface area contributed by atoms with Gasteiger partial charge in [0.25, 0.3) is 0 Å². The second kappa shape index (κ2) is 3.64. The van der Waals surface area contributed by atoms with Gasteiger partial charge in [-0.3, -0.25) is 4.79 Å². The van der Waals surface area contributed by atoms with Crippen LogP contribution >= 0.6 is 0 Å². The van der Waals surface area contributed by atoms with Gasteiger partial charge in [-0.05, 0) is 13.8 Å². The number of carbonyl (C=O) groups is 1. The van der Waals surface area contributed by atoms with Crippen LogP contribution < -0.4 is 5.73 Å². The van der Waals surface area contributed by atoms with Crippen LogP contribution in [0.2, 0.25) is 0 Å². The predicted molar refractivity (Wildman–Crippen MR) is 50.2 cm³/mol. The van der Waals surface area contributed by atoms with Gasteiger partial charge in [0.05, 0.1) is 13.2 Å². The molecule has 13 heavy (non-hydrogen) atoms. The highest BCUT2D eigenvalue weighted by molar-refractivity contribution is 5.84. The number of hydrogen-bond donors (Lipinski definition) is 1. The zero-order valence-electron chi connectivity index (χ0n) is 8.54. The van der Waals surface area contributed by atoms with E-state index in [4.69, 9.17) is 10.5 Å². The second-order valence-corrected chi connectivity index (χ2v) is 3.99. The molecule has 0 aromatic heterocycles. The van der Waals surface area contributed by atoms with Gasteiger partial charge in [-0.15, -0.1) is 0 Å². The van der Waals surface area contributed by atoms with E-state index >= 15 is 0 Å². The molecule has 0 spiro atoms. The predicted octanol–water partition coefficient (Wildman–Crippen LogP) is -0.171. The third-order valence-corrected chi connectivity index (χ3v) is 2.70. The van der Waals surface area contributed by atoms with Crippen molar-refractivity contribution in [1.82, 2.24) is 4.90 Å². The van der Waals surface area contributed by atoms with Crippen LogP contribution in [0.1, 0.15) is 13.8 Å². The van der Waals surface area contributed by atoms with Crippen molar-refractivity contribution < 1.29 is 9.53 Å². The summed E-state index contributed by atoms with van der Waals surface area (Å²) in [6.07, 6.45) is 0. The molecule has 1 fully saturated rings. The van der Waals surface area contributed by atoms with Gasteiger partial charge in [-0.1, -0.05) is 0 Å². The molecule has 76 valence electrons. The fourth-order valence-electron chi connectivity index (χ4n) is 1.29. The van der Waals surface area contributed by atoms with Gasteiger partial charge in [0.15, 0.2) is 0 Å². The highest BCUT2D eigenvalue weighted by Crippen LogP contribution is 2.28. The van der Waals surface area contributed by atoms with Crippen molar-refractivity contribution in [2.24, 2.45) is 11.1 Å². The first-order valence-electron chi connectivity index (χ1n) is 4.58. The van der Waals surface area contributed by atoms with E-state index < -0.39 is 5.41 Å². The summed E-state index contributed by atoms with van der Waals surface area (Å²) in [5.74, 6) is 0.108. The average molecular weight is 186 g/mol. The molecular formula is C9H18N2O2. The maximum absolute atomic E-state index is 11.9. The summed E-state index contributed by atoms with van der Waals surface area (Å²) in [7, 11) is 1.81. The second-order valence-electron chi connectivity index (χ2n) is 3.99. The molecule has 0 aromatic rings. The summed E-state index contributed by atoms with van der Waals surface area (Å²) >= 11 is 0. The van der Waals surface area contributed by atoms with Crippen LogP contribution in [0.5, 0.6) is 0 Å². The van der Waals surface area contributed by atoms with E-state index in [0.717, 1.165) is 0 Å². The first-order chi connectivity index (χ1) is 6.03. The van der Waals surface area contributed by atoms with Gasteiger partial charge >= 0.3 is 0 Å². The molecule has 0 aliphatic carbocycles. The van der Waals surface area contributed by atoms with E-state index in [-0.39, 0.29) is 11.9 Å². The average Bonchev–Trinajstić information content (AvgIpc) is 2.01. The lowest BCUT2D eigenvalue weighted by atomic mass is 9.84. The highest BCUT2D eigenvalue weighted by atomic mass is 16.5. The minimum absolute atomic E-state index is 0.108. The van der Waals surface area contributed by atoms with E-state index in [1.165, 1.54) is 0 Å². The van der Waals surface area contributed by atoms with Gasteiger partial charge in [-0.25, -0.2) is 0 Å². The summed E-state index contributed by atoms with van der Waals surface area (Å²) in [6.45, 7) is 5.30. The summed E-state index contributed by atoms with van der Waals surface area (Å²) < 4.78 is 5.05. The fraction of sp³-hybridized carbons (Fsp3) is 0.889. The van der Waals surface area contributed by atoms with Gasteiger partial charge < -0.3 is 15.4 Å². The molecular weight excluding hydrogens is 168 g/mol. The molecule has 0 atom stereocenters. The fourth-order valence-corrected chi connectivity index (χ4v) is 1.29. The molecule has 2 N–H and O–H groups in total. The van der Waals surface area contributed by atoms with Crippen LogP contribution in [0.15, 0.2) is 0 Å². The smallest absolute Gasteiger partial charge is 0.234 e. The number of amides is 1. The van der Waals surface area contributed by atoms with Crippen LogP contribution in [-0.4, -0.2) is 43.7 Å². The number of rotatable bonds is 3. The molecule has 1 heterocycles. The molecule has 0 aromatic carbocycles. The van der Waals surface area contributed by atoms with Crippen LogP contribution in [-0.2, 0) is 9.53 Å². The molecule has 0 bridgehead atoms. The minimum atomic E-state index is -0.432. The van der Waals surface area contributed by atoms with Gasteiger partial charge in [0.1, 0.15) is 5.41 Å². The molecule has 0 radical (unpaired) electrons. The minimum Gasteiger partial charge on any atom is -0.379 e. The number of carbonyl (C=O) groups excluding carboxylic acids is 1. The largest absolute Gasteiger partial charge is 0.379 e. The standard InChI is InChI=1S/C9H18N2O2/c1-7(2)11(3)8(12)9(4-10)5-13-6-9/h7H,4-6,10H2,1-3H3. The third-order valence-electron chi connectivity index (χ3n) is 2.70. The van der Waals surface area contributed by atoms with Crippen LogP contribution in [0.3, 0.4) is 0 Å². The van der Waals surface area contributed by atoms with Crippen molar-refractivity contribution >= 4 is 5.91 Å². The Morgan fingerprint density at radius 2 is 2.15 bits per heavy atom. The van der Waals surface area contributed by atoms with Crippen LogP contribution in [0, 0.1) is 5.41 Å². The van der Waals surface area contributed by atoms with E-state index in [1.807, 2.05) is 20.9 Å². The Bertz CT molecular complexity index is 194. The molecule has 1 amide bonds. The monoisotopic (exact) mass is 186 g/mol. The first kappa shape index (κ1) is 10.5. The quantitative estimate of drug-likeness (QED) is 0.665. The van der Waals surface area contributed by atoms with Crippen molar-refractivity contribution in [2.75, 3.05) is 26.8 Å². The normalized spacial score (nSPS) is 19.8. The lowest BCUT2D eigenvalue weighted by Crippen LogP contribution is -2.59. The number of nitrogens with zero attached hydrogens (tertiary/aromatic N) is 1. The Morgan fingerprint density at radius 3 is 2.38 bits per heavy atom. The van der Waals surface area contributed by atoms with E-state index in [2.05, 4.69) is 0 Å². The number of hydrogen-bond acceptors (Lipinski definition) is 3. The topological polar surface area (TPSA) is 55.6 Å². The van der Waals surface area contributed by atoms with Crippen LogP contribution in [0.4, 0.5) is 0 Å². The van der Waals surface area contributed by atoms with E-state index in [0.29, 0.717) is 19.8 Å². The van der Waals surface area contributed by atoms with Crippen molar-refractivity contribution in [3.8, 4) is 0 Å². The number of ether oxygens (including phenoxy) is 1. The maximum Gasteiger partial charge on any atom is 0.234 e. The van der Waals surface area contributed by atoms with Gasteiger partial charge in [-0.2, -0.15) is 0 Å². The summed E-state index contributed by atoms with van der Waals surface area (Å²) in [5.41, 5.74) is 5.15. The third kappa shape index (κ3) is 1.69. The zero-order valence-corrected chi connectivity index (χ0v) is 8.54. The Morgan fingerprint density at radius 1 is 1.62 bits per heavy atom. The summed E-state index contributed by atoms with van der Waals surface area (Å²) in [5, 5.41) is 0. The van der Waals surface area contributed by atoms with E-state index in [1.54, 1.807) is 4.90 Å². The molecule has 1 saturated heterocycles. The van der Waals surface area contributed by atoms with Crippen molar-refractivity contribution in [1.29, 1.82) is 0 Å². The Balaban J connectivity index is 2.65. The SMILES string of the molecule is CC(C)N(C)C(=O)C1(CN)COC1. The van der Waals surface area contributed by atoms with Crippen molar-refractivity contribution in [2.45, 2.75) is 19.9 Å². The van der Waals surface area contributed by atoms with E-state index in [9.17, 15) is 4.79 Å². The first-order valence-corrected chi connectivity index (χ1v) is 4.58. The lowest BCUT2D eigenvalue weighted by molar-refractivity contribution is -0.170.